The van der Waals surface area contributed by atoms with Crippen molar-refractivity contribution in [2.45, 2.75) is 45.1 Å². The minimum absolute atomic E-state index is 0.0837. The number of carbonyl (C=O) groups is 2. The number of nitrogens with zero attached hydrogens (tertiary/aromatic N) is 3. The molecule has 6 heteroatoms. The summed E-state index contributed by atoms with van der Waals surface area (Å²) < 4.78 is 1.92. The molecule has 1 N–H and O–H groups in total. The summed E-state index contributed by atoms with van der Waals surface area (Å²) in [5.74, 6) is 0.835. The molecule has 0 bridgehead atoms. The lowest BCUT2D eigenvalue weighted by Crippen LogP contribution is -2.44. The first-order valence-electron chi connectivity index (χ1n) is 7.66. The van der Waals surface area contributed by atoms with Crippen LogP contribution >= 0.6 is 0 Å². The summed E-state index contributed by atoms with van der Waals surface area (Å²) in [6.07, 6.45) is 7.88. The van der Waals surface area contributed by atoms with Gasteiger partial charge in [-0.2, -0.15) is 0 Å². The standard InChI is InChI=1S/C15H24N4O2/c1-3-6-12(15-16-8-10-18(15)2)17-13(20)11-19-9-5-4-7-14(19)21/h8,10,12H,3-7,9,11H2,1-2H3,(H,17,20)/t12-/m1/s1. The molecule has 0 saturated carbocycles. The van der Waals surface area contributed by atoms with E-state index in [1.165, 1.54) is 0 Å². The first-order chi connectivity index (χ1) is 10.1. The summed E-state index contributed by atoms with van der Waals surface area (Å²) in [4.78, 5) is 29.9. The topological polar surface area (TPSA) is 67.2 Å². The second-order valence-corrected chi connectivity index (χ2v) is 5.58. The molecule has 1 fully saturated rings. The Hall–Kier alpha value is -1.85. The maximum atomic E-state index is 12.2. The van der Waals surface area contributed by atoms with Gasteiger partial charge in [0.2, 0.25) is 11.8 Å². The van der Waals surface area contributed by atoms with Crippen LogP contribution in [0.1, 0.15) is 50.9 Å². The predicted molar refractivity (Wildman–Crippen MR) is 79.4 cm³/mol. The van der Waals surface area contributed by atoms with E-state index in [-0.39, 0.29) is 24.4 Å². The van der Waals surface area contributed by atoms with Crippen molar-refractivity contribution in [1.29, 1.82) is 0 Å². The third-order valence-corrected chi connectivity index (χ3v) is 3.84. The van der Waals surface area contributed by atoms with Gasteiger partial charge in [0, 0.05) is 32.4 Å². The lowest BCUT2D eigenvalue weighted by atomic mass is 10.1. The predicted octanol–water partition coefficient (Wildman–Crippen LogP) is 1.39. The highest BCUT2D eigenvalue weighted by Crippen LogP contribution is 2.16. The van der Waals surface area contributed by atoms with Gasteiger partial charge in [0.1, 0.15) is 5.82 Å². The Morgan fingerprint density at radius 3 is 2.90 bits per heavy atom. The first-order valence-corrected chi connectivity index (χ1v) is 7.66. The highest BCUT2D eigenvalue weighted by atomic mass is 16.2. The maximum Gasteiger partial charge on any atom is 0.240 e. The number of carbonyl (C=O) groups excluding carboxylic acids is 2. The Bertz CT molecular complexity index is 498. The molecule has 2 rings (SSSR count). The number of amides is 2. The van der Waals surface area contributed by atoms with Crippen molar-refractivity contribution in [3.63, 3.8) is 0 Å². The van der Waals surface area contributed by atoms with Gasteiger partial charge >= 0.3 is 0 Å². The molecule has 1 saturated heterocycles. The fraction of sp³-hybridized carbons (Fsp3) is 0.667. The molecular formula is C15H24N4O2. The van der Waals surface area contributed by atoms with Gasteiger partial charge < -0.3 is 14.8 Å². The SMILES string of the molecule is CCC[C@@H](NC(=O)CN1CCCCC1=O)c1nccn1C. The van der Waals surface area contributed by atoms with E-state index < -0.39 is 0 Å². The number of aryl methyl sites for hydroxylation is 1. The van der Waals surface area contributed by atoms with Crippen molar-refractivity contribution < 1.29 is 9.59 Å². The van der Waals surface area contributed by atoms with E-state index in [0.29, 0.717) is 13.0 Å². The van der Waals surface area contributed by atoms with Crippen molar-refractivity contribution in [3.8, 4) is 0 Å². The summed E-state index contributed by atoms with van der Waals surface area (Å²) in [6, 6.07) is -0.0950. The molecule has 6 nitrogen and oxygen atoms in total. The van der Waals surface area contributed by atoms with Gasteiger partial charge in [-0.3, -0.25) is 9.59 Å². The normalized spacial score (nSPS) is 16.9. The second-order valence-electron chi connectivity index (χ2n) is 5.58. The van der Waals surface area contributed by atoms with Gasteiger partial charge in [0.25, 0.3) is 0 Å². The maximum absolute atomic E-state index is 12.2. The van der Waals surface area contributed by atoms with Crippen LogP contribution in [0.3, 0.4) is 0 Å². The summed E-state index contributed by atoms with van der Waals surface area (Å²) in [6.45, 7) is 2.92. The van der Waals surface area contributed by atoms with Crippen LogP contribution < -0.4 is 5.32 Å². The number of likely N-dealkylation sites (tertiary alicyclic amines) is 1. The molecule has 1 aliphatic rings. The molecule has 2 amide bonds. The van der Waals surface area contributed by atoms with E-state index in [0.717, 1.165) is 31.5 Å². The number of aromatic nitrogens is 2. The van der Waals surface area contributed by atoms with E-state index in [1.54, 1.807) is 11.1 Å². The summed E-state index contributed by atoms with van der Waals surface area (Å²) in [5.41, 5.74) is 0. The minimum atomic E-state index is -0.105. The van der Waals surface area contributed by atoms with Crippen LogP contribution in [-0.2, 0) is 16.6 Å². The van der Waals surface area contributed by atoms with Crippen LogP contribution in [-0.4, -0.2) is 39.4 Å². The largest absolute Gasteiger partial charge is 0.345 e. The highest BCUT2D eigenvalue weighted by Gasteiger charge is 2.23. The Kier molecular flexibility index (Phi) is 5.36. The molecule has 1 aliphatic heterocycles. The monoisotopic (exact) mass is 292 g/mol. The third kappa shape index (κ3) is 4.06. The summed E-state index contributed by atoms with van der Waals surface area (Å²) in [5, 5.41) is 3.01. The van der Waals surface area contributed by atoms with Gasteiger partial charge in [0.15, 0.2) is 0 Å². The number of hydrogen-bond acceptors (Lipinski definition) is 3. The lowest BCUT2D eigenvalue weighted by molar-refractivity contribution is -0.138. The number of nitrogens with one attached hydrogen (secondary N) is 1. The van der Waals surface area contributed by atoms with E-state index in [9.17, 15) is 9.59 Å². The van der Waals surface area contributed by atoms with Gasteiger partial charge in [-0.15, -0.1) is 0 Å². The average Bonchev–Trinajstić information content (AvgIpc) is 2.87. The van der Waals surface area contributed by atoms with Crippen molar-refractivity contribution in [2.24, 2.45) is 7.05 Å². The zero-order valence-electron chi connectivity index (χ0n) is 12.8. The van der Waals surface area contributed by atoms with E-state index in [2.05, 4.69) is 17.2 Å². The van der Waals surface area contributed by atoms with Gasteiger partial charge in [-0.1, -0.05) is 13.3 Å². The van der Waals surface area contributed by atoms with Crippen molar-refractivity contribution in [3.05, 3.63) is 18.2 Å². The zero-order chi connectivity index (χ0) is 15.2. The van der Waals surface area contributed by atoms with E-state index in [4.69, 9.17) is 0 Å². The molecule has 0 aromatic carbocycles. The van der Waals surface area contributed by atoms with Crippen LogP contribution in [0.4, 0.5) is 0 Å². The Morgan fingerprint density at radius 2 is 2.29 bits per heavy atom. The number of imidazole rings is 1. The van der Waals surface area contributed by atoms with Crippen molar-refractivity contribution >= 4 is 11.8 Å². The molecule has 1 aromatic heterocycles. The van der Waals surface area contributed by atoms with Crippen LogP contribution in [0.15, 0.2) is 12.4 Å². The fourth-order valence-electron chi connectivity index (χ4n) is 2.71. The van der Waals surface area contributed by atoms with Gasteiger partial charge in [-0.25, -0.2) is 4.98 Å². The molecule has 1 aromatic rings. The molecule has 0 unspecified atom stereocenters. The molecule has 2 heterocycles. The Morgan fingerprint density at radius 1 is 1.48 bits per heavy atom. The second kappa shape index (κ2) is 7.24. The van der Waals surface area contributed by atoms with Gasteiger partial charge in [0.05, 0.1) is 12.6 Å². The van der Waals surface area contributed by atoms with Crippen LogP contribution in [0.5, 0.6) is 0 Å². The molecular weight excluding hydrogens is 268 g/mol. The van der Waals surface area contributed by atoms with Crippen LogP contribution in [0.25, 0.3) is 0 Å². The molecule has 21 heavy (non-hydrogen) atoms. The lowest BCUT2D eigenvalue weighted by Gasteiger charge is -2.27. The zero-order valence-corrected chi connectivity index (χ0v) is 12.8. The van der Waals surface area contributed by atoms with Crippen LogP contribution in [0, 0.1) is 0 Å². The average molecular weight is 292 g/mol. The fourth-order valence-corrected chi connectivity index (χ4v) is 2.71. The van der Waals surface area contributed by atoms with Crippen molar-refractivity contribution in [2.75, 3.05) is 13.1 Å². The molecule has 0 radical (unpaired) electrons. The Balaban J connectivity index is 1.95. The number of piperidine rings is 1. The Labute approximate surface area is 125 Å². The first kappa shape index (κ1) is 15.5. The number of hydrogen-bond donors (Lipinski definition) is 1. The number of rotatable bonds is 6. The van der Waals surface area contributed by atoms with E-state index >= 15 is 0 Å². The van der Waals surface area contributed by atoms with Crippen molar-refractivity contribution in [1.82, 2.24) is 19.8 Å². The summed E-state index contributed by atoms with van der Waals surface area (Å²) >= 11 is 0. The van der Waals surface area contributed by atoms with Crippen LogP contribution in [0.2, 0.25) is 0 Å². The molecule has 0 spiro atoms. The van der Waals surface area contributed by atoms with E-state index in [1.807, 2.05) is 17.8 Å². The minimum Gasteiger partial charge on any atom is -0.345 e. The smallest absolute Gasteiger partial charge is 0.240 e. The third-order valence-electron chi connectivity index (χ3n) is 3.84. The van der Waals surface area contributed by atoms with Gasteiger partial charge in [-0.05, 0) is 19.3 Å². The highest BCUT2D eigenvalue weighted by molar-refractivity contribution is 5.85. The summed E-state index contributed by atoms with van der Waals surface area (Å²) in [7, 11) is 1.92. The molecule has 0 aliphatic carbocycles. The molecule has 1 atom stereocenters. The molecule has 116 valence electrons. The quantitative estimate of drug-likeness (QED) is 0.861.